The average molecular weight is 540 g/mol. The van der Waals surface area contributed by atoms with Crippen LogP contribution in [-0.2, 0) is 9.53 Å². The Balaban J connectivity index is 1.40. The Kier molecular flexibility index (Phi) is 9.98. The molecule has 0 radical (unpaired) electrons. The zero-order valence-corrected chi connectivity index (χ0v) is 23.6. The minimum Gasteiger partial charge on any atom is -0.485 e. The monoisotopic (exact) mass is 539 g/mol. The predicted octanol–water partition coefficient (Wildman–Crippen LogP) is 8.10. The zero-order chi connectivity index (χ0) is 27.8. The van der Waals surface area contributed by atoms with Gasteiger partial charge >= 0.3 is 0 Å². The molecule has 2 aromatic rings. The Labute approximate surface area is 232 Å². The highest BCUT2D eigenvalue weighted by atomic mass is 19.3. The van der Waals surface area contributed by atoms with Gasteiger partial charge < -0.3 is 15.0 Å². The number of hydrogen-bond donors (Lipinski definition) is 1. The van der Waals surface area contributed by atoms with Gasteiger partial charge in [-0.05, 0) is 74.5 Å². The van der Waals surface area contributed by atoms with Crippen molar-refractivity contribution in [2.24, 2.45) is 5.92 Å². The topological polar surface area (TPSA) is 54.5 Å². The fraction of sp³-hybridized carbons (Fsp3) is 0.562. The van der Waals surface area contributed by atoms with E-state index in [0.717, 1.165) is 64.4 Å². The Morgan fingerprint density at radius 3 is 2.44 bits per heavy atom. The molecule has 0 aliphatic carbocycles. The van der Waals surface area contributed by atoms with Gasteiger partial charge in [-0.15, -0.1) is 0 Å². The lowest BCUT2D eigenvalue weighted by Gasteiger charge is -2.33. The first kappa shape index (κ1) is 29.0. The Bertz CT molecular complexity index is 1090. The highest BCUT2D eigenvalue weighted by Gasteiger charge is 2.37. The molecule has 1 N–H and O–H groups in total. The first-order valence-electron chi connectivity index (χ1n) is 14.6. The van der Waals surface area contributed by atoms with Crippen LogP contribution in [-0.4, -0.2) is 36.0 Å². The molecule has 39 heavy (non-hydrogen) atoms. The van der Waals surface area contributed by atoms with E-state index in [0.29, 0.717) is 30.4 Å². The summed E-state index contributed by atoms with van der Waals surface area (Å²) in [5, 5.41) is 2.77. The number of carbonyl (C=O) groups excluding carboxylic acids is 1. The lowest BCUT2D eigenvalue weighted by Crippen LogP contribution is -2.33. The van der Waals surface area contributed by atoms with Gasteiger partial charge in [0.2, 0.25) is 0 Å². The maximum absolute atomic E-state index is 14.5. The first-order chi connectivity index (χ1) is 18.8. The lowest BCUT2D eigenvalue weighted by atomic mass is 9.89. The molecule has 2 aliphatic rings. The van der Waals surface area contributed by atoms with Crippen LogP contribution in [0.3, 0.4) is 0 Å². The molecule has 1 aromatic heterocycles. The Morgan fingerprint density at radius 2 is 1.82 bits per heavy atom. The molecule has 1 fully saturated rings. The van der Waals surface area contributed by atoms with Crippen molar-refractivity contribution in [2.45, 2.75) is 96.5 Å². The molecule has 1 saturated heterocycles. The number of nitrogens with one attached hydrogen (secondary N) is 1. The minimum atomic E-state index is -3.12. The summed E-state index contributed by atoms with van der Waals surface area (Å²) in [6, 6.07) is 14.3. The van der Waals surface area contributed by atoms with Crippen molar-refractivity contribution in [2.75, 3.05) is 23.3 Å². The predicted molar refractivity (Wildman–Crippen MR) is 153 cm³/mol. The number of amides is 1. The van der Waals surface area contributed by atoms with Crippen molar-refractivity contribution in [3.8, 4) is 0 Å². The molecular formula is C32H43F2N3O2. The highest BCUT2D eigenvalue weighted by Crippen LogP contribution is 2.36. The van der Waals surface area contributed by atoms with E-state index in [-0.39, 0.29) is 23.9 Å². The quantitative estimate of drug-likeness (QED) is 0.331. The fourth-order valence-electron chi connectivity index (χ4n) is 5.85. The van der Waals surface area contributed by atoms with E-state index in [2.05, 4.69) is 53.3 Å². The number of rotatable bonds is 10. The number of anilines is 2. The number of halogens is 2. The Morgan fingerprint density at radius 1 is 1.10 bits per heavy atom. The second-order valence-corrected chi connectivity index (χ2v) is 11.1. The van der Waals surface area contributed by atoms with Crippen LogP contribution in [0.1, 0.15) is 90.0 Å². The third-order valence-corrected chi connectivity index (χ3v) is 8.39. The van der Waals surface area contributed by atoms with Gasteiger partial charge in [0.05, 0.1) is 18.0 Å². The third-order valence-electron chi connectivity index (χ3n) is 8.39. The van der Waals surface area contributed by atoms with Gasteiger partial charge in [0, 0.05) is 25.6 Å². The van der Waals surface area contributed by atoms with Gasteiger partial charge in [0.15, 0.2) is 5.76 Å². The van der Waals surface area contributed by atoms with Gasteiger partial charge in [0.25, 0.3) is 11.8 Å². The van der Waals surface area contributed by atoms with Crippen LogP contribution in [0, 0.1) is 5.92 Å². The minimum absolute atomic E-state index is 0.157. The maximum atomic E-state index is 14.5. The summed E-state index contributed by atoms with van der Waals surface area (Å²) in [5.74, 6) is -1.98. The molecule has 0 saturated carbocycles. The van der Waals surface area contributed by atoms with E-state index in [9.17, 15) is 13.6 Å². The zero-order valence-electron chi connectivity index (χ0n) is 23.6. The number of aromatic nitrogens is 1. The van der Waals surface area contributed by atoms with Gasteiger partial charge in [-0.25, -0.2) is 13.8 Å². The second-order valence-electron chi connectivity index (χ2n) is 11.1. The van der Waals surface area contributed by atoms with Crippen LogP contribution < -0.4 is 10.2 Å². The largest absolute Gasteiger partial charge is 0.485 e. The molecule has 0 bridgehead atoms. The van der Waals surface area contributed by atoms with Crippen molar-refractivity contribution in [3.05, 3.63) is 65.6 Å². The van der Waals surface area contributed by atoms with E-state index in [4.69, 9.17) is 4.74 Å². The molecule has 1 amide bonds. The molecule has 7 heteroatoms. The number of allylic oxidation sites excluding steroid dienone is 1. The van der Waals surface area contributed by atoms with Gasteiger partial charge in [-0.3, -0.25) is 4.79 Å². The molecule has 1 aromatic carbocycles. The fourth-order valence-corrected chi connectivity index (χ4v) is 5.85. The molecule has 3 heterocycles. The number of alkyl halides is 2. The van der Waals surface area contributed by atoms with Gasteiger partial charge in [-0.1, -0.05) is 57.0 Å². The van der Waals surface area contributed by atoms with Crippen molar-refractivity contribution < 1.29 is 18.3 Å². The van der Waals surface area contributed by atoms with Crippen LogP contribution in [0.5, 0.6) is 0 Å². The van der Waals surface area contributed by atoms with Gasteiger partial charge in [0.1, 0.15) is 5.82 Å². The number of benzene rings is 1. The van der Waals surface area contributed by atoms with E-state index in [1.165, 1.54) is 5.56 Å². The van der Waals surface area contributed by atoms with Crippen LogP contribution in [0.15, 0.2) is 60.0 Å². The van der Waals surface area contributed by atoms with Crippen LogP contribution in [0.4, 0.5) is 20.3 Å². The van der Waals surface area contributed by atoms with E-state index < -0.39 is 11.8 Å². The molecule has 2 aliphatic heterocycles. The summed E-state index contributed by atoms with van der Waals surface area (Å²) in [5.41, 5.74) is 1.64. The lowest BCUT2D eigenvalue weighted by molar-refractivity contribution is -0.117. The summed E-state index contributed by atoms with van der Waals surface area (Å²) in [6.07, 6.45) is 8.80. The van der Waals surface area contributed by atoms with E-state index in [1.54, 1.807) is 12.3 Å². The first-order valence-corrected chi connectivity index (χ1v) is 14.6. The summed E-state index contributed by atoms with van der Waals surface area (Å²) in [7, 11) is 0. The van der Waals surface area contributed by atoms with E-state index >= 15 is 0 Å². The SMILES string of the molecule is CCC(CC)CCC1CCCC(C(C)(F)F)=C(C(=O)Nc2ccc(N3CCC(c4ccccc4)CC3)nc2)O1. The molecular weight excluding hydrogens is 496 g/mol. The molecule has 212 valence electrons. The average Bonchev–Trinajstić information content (AvgIpc) is 3.18. The number of pyridine rings is 1. The van der Waals surface area contributed by atoms with Gasteiger partial charge in [-0.2, -0.15) is 0 Å². The number of ether oxygens (including phenoxy) is 1. The standard InChI is InChI=1S/C32H43F2N3O2/c1-4-23(5-2)14-16-27-12-9-13-28(32(3,33)34)30(39-27)31(38)36-26-15-17-29(35-22-26)37-20-18-25(19-21-37)24-10-7-6-8-11-24/h6-8,10-11,15,17,22-23,25,27H,4-5,9,12-14,16,18-21H2,1-3H3,(H,36,38). The number of hydrogen-bond acceptors (Lipinski definition) is 4. The molecule has 0 spiro atoms. The molecule has 4 rings (SSSR count). The number of carbonyl (C=O) groups is 1. The summed E-state index contributed by atoms with van der Waals surface area (Å²) >= 11 is 0. The smallest absolute Gasteiger partial charge is 0.290 e. The summed E-state index contributed by atoms with van der Waals surface area (Å²) in [4.78, 5) is 20.1. The highest BCUT2D eigenvalue weighted by molar-refractivity contribution is 6.03. The molecule has 1 unspecified atom stereocenters. The van der Waals surface area contributed by atoms with Crippen LogP contribution >= 0.6 is 0 Å². The Hall–Kier alpha value is -2.96. The van der Waals surface area contributed by atoms with Crippen molar-refractivity contribution in [3.63, 3.8) is 0 Å². The van der Waals surface area contributed by atoms with Crippen LogP contribution in [0.2, 0.25) is 0 Å². The summed E-state index contributed by atoms with van der Waals surface area (Å²) < 4.78 is 35.1. The van der Waals surface area contributed by atoms with E-state index in [1.807, 2.05) is 12.1 Å². The molecule has 1 atom stereocenters. The van der Waals surface area contributed by atoms with Crippen LogP contribution in [0.25, 0.3) is 0 Å². The number of nitrogens with zero attached hydrogens (tertiary/aromatic N) is 2. The summed E-state index contributed by atoms with van der Waals surface area (Å²) in [6.45, 7) is 7.00. The molecule has 5 nitrogen and oxygen atoms in total. The maximum Gasteiger partial charge on any atom is 0.290 e. The third kappa shape index (κ3) is 7.80. The van der Waals surface area contributed by atoms with Crippen molar-refractivity contribution >= 4 is 17.4 Å². The van der Waals surface area contributed by atoms with Crippen molar-refractivity contribution in [1.29, 1.82) is 0 Å². The second kappa shape index (κ2) is 13.4. The van der Waals surface area contributed by atoms with Crippen molar-refractivity contribution in [1.82, 2.24) is 4.98 Å². The normalized spacial score (nSPS) is 19.1. The number of piperidine rings is 1.